The third-order valence-electron chi connectivity index (χ3n) is 7.13. The molecule has 1 aromatic heterocycles. The quantitative estimate of drug-likeness (QED) is 0.193. The van der Waals surface area contributed by atoms with Crippen molar-refractivity contribution in [2.75, 3.05) is 27.8 Å². The van der Waals surface area contributed by atoms with Crippen LogP contribution in [0.2, 0.25) is 0 Å². The lowest BCUT2D eigenvalue weighted by molar-refractivity contribution is -0.152. The van der Waals surface area contributed by atoms with Crippen LogP contribution >= 0.6 is 0 Å². The van der Waals surface area contributed by atoms with E-state index in [1.807, 2.05) is 32.9 Å². The summed E-state index contributed by atoms with van der Waals surface area (Å²) in [5.41, 5.74) is 1.25. The Hall–Kier alpha value is -3.91. The summed E-state index contributed by atoms with van der Waals surface area (Å²) in [5.74, 6) is 7.24. The van der Waals surface area contributed by atoms with Gasteiger partial charge in [-0.15, -0.1) is 0 Å². The van der Waals surface area contributed by atoms with Crippen LogP contribution in [0.1, 0.15) is 71.4 Å². The number of aromatic amines is 1. The number of fused-ring (bicyclic) bond motifs is 1. The van der Waals surface area contributed by atoms with Crippen molar-refractivity contribution >= 4 is 29.4 Å². The number of unbranched alkanes of at least 4 members (excludes halogenated alkanes) is 1. The Balaban J connectivity index is 0.000000272. The van der Waals surface area contributed by atoms with Gasteiger partial charge in [0.05, 0.1) is 31.3 Å². The van der Waals surface area contributed by atoms with Crippen LogP contribution in [0, 0.1) is 23.2 Å². The van der Waals surface area contributed by atoms with Crippen molar-refractivity contribution in [1.82, 2.24) is 20.2 Å². The number of methoxy groups -OCH3 is 2. The van der Waals surface area contributed by atoms with Gasteiger partial charge in [-0.05, 0) is 62.1 Å². The lowest BCUT2D eigenvalue weighted by atomic mass is 9.86. The molecular formula is C31H44N4O7. The van der Waals surface area contributed by atoms with Crippen LogP contribution in [0.3, 0.4) is 0 Å². The van der Waals surface area contributed by atoms with Gasteiger partial charge in [0, 0.05) is 19.0 Å². The molecule has 1 aliphatic heterocycles. The molecule has 1 aliphatic carbocycles. The zero-order chi connectivity index (χ0) is 31.3. The molecule has 2 atom stereocenters. The minimum Gasteiger partial charge on any atom is -0.497 e. The zero-order valence-corrected chi connectivity index (χ0v) is 25.5. The standard InChI is InChI=1S/C17H18N2O2.C13H24N2O3.CH2O2/c1-21-13-9-10-14-16(11-13)19-17(20)15(18-14)6-4-2-3-5-12-7-8-12;1-13(2,3)10(14-4)11(16)15-8-6-7-9(15)12(17)18-5;2-1-3/h9-12H,2-3,5,7-8H2,1H3,(H,19,20);9-10,14H,6-8H2,1-5H3;1H,(H,2,3). The summed E-state index contributed by atoms with van der Waals surface area (Å²) in [6.07, 6.45) is 7.51. The number of esters is 1. The van der Waals surface area contributed by atoms with Crippen LogP contribution in [0.4, 0.5) is 0 Å². The van der Waals surface area contributed by atoms with Gasteiger partial charge < -0.3 is 29.8 Å². The number of hydrogen-bond acceptors (Lipinski definition) is 8. The number of hydrogen-bond donors (Lipinski definition) is 3. The first-order chi connectivity index (χ1) is 20.0. The lowest BCUT2D eigenvalue weighted by Gasteiger charge is -2.34. The number of aromatic nitrogens is 2. The molecule has 2 aromatic rings. The van der Waals surface area contributed by atoms with Gasteiger partial charge in [-0.25, -0.2) is 9.78 Å². The molecule has 2 fully saturated rings. The topological polar surface area (TPSA) is 151 Å². The summed E-state index contributed by atoms with van der Waals surface area (Å²) >= 11 is 0. The molecule has 1 aromatic carbocycles. The van der Waals surface area contributed by atoms with E-state index in [0.717, 1.165) is 30.7 Å². The van der Waals surface area contributed by atoms with Crippen molar-refractivity contribution in [1.29, 1.82) is 0 Å². The summed E-state index contributed by atoms with van der Waals surface area (Å²) in [7, 11) is 4.73. The SMILES string of the molecule is CNC(C(=O)N1CCCC1C(=O)OC)C(C)(C)C.COc1ccc2nc(C#CCCCC3CC3)c(=O)[nH]c2c1.O=CO. The second-order valence-corrected chi connectivity index (χ2v) is 11.3. The summed E-state index contributed by atoms with van der Waals surface area (Å²) in [6.45, 7) is 6.41. The van der Waals surface area contributed by atoms with Crippen molar-refractivity contribution < 1.29 is 29.0 Å². The number of carboxylic acid groups (broad SMARTS) is 1. The summed E-state index contributed by atoms with van der Waals surface area (Å²) in [5, 5.41) is 9.94. The number of carbonyl (C=O) groups is 3. The number of likely N-dealkylation sites (tertiary alicyclic amines) is 1. The van der Waals surface area contributed by atoms with Gasteiger partial charge in [0.15, 0.2) is 5.69 Å². The molecule has 4 rings (SSSR count). The third-order valence-corrected chi connectivity index (χ3v) is 7.13. The number of nitrogens with one attached hydrogen (secondary N) is 2. The molecule has 2 unspecified atom stereocenters. The van der Waals surface area contributed by atoms with E-state index in [-0.39, 0.29) is 35.4 Å². The van der Waals surface area contributed by atoms with Crippen LogP contribution in [-0.2, 0) is 19.1 Å². The molecule has 1 saturated carbocycles. The van der Waals surface area contributed by atoms with E-state index >= 15 is 0 Å². The average Bonchev–Trinajstić information content (AvgIpc) is 3.65. The van der Waals surface area contributed by atoms with Gasteiger partial charge in [-0.3, -0.25) is 14.4 Å². The highest BCUT2D eigenvalue weighted by Gasteiger charge is 2.40. The van der Waals surface area contributed by atoms with Crippen LogP contribution in [0.15, 0.2) is 23.0 Å². The monoisotopic (exact) mass is 584 g/mol. The number of rotatable bonds is 7. The fourth-order valence-electron chi connectivity index (χ4n) is 4.81. The number of carbonyl (C=O) groups excluding carboxylic acids is 2. The first-order valence-electron chi connectivity index (χ1n) is 14.2. The van der Waals surface area contributed by atoms with Gasteiger partial charge in [-0.1, -0.05) is 39.5 Å². The van der Waals surface area contributed by atoms with Gasteiger partial charge in [0.1, 0.15) is 11.8 Å². The molecule has 0 bridgehead atoms. The van der Waals surface area contributed by atoms with E-state index in [2.05, 4.69) is 27.1 Å². The number of H-pyrrole nitrogens is 1. The largest absolute Gasteiger partial charge is 0.497 e. The Morgan fingerprint density at radius 3 is 2.52 bits per heavy atom. The second-order valence-electron chi connectivity index (χ2n) is 11.3. The Morgan fingerprint density at radius 1 is 1.26 bits per heavy atom. The minimum absolute atomic E-state index is 0.0158. The molecule has 11 nitrogen and oxygen atoms in total. The highest BCUT2D eigenvalue weighted by molar-refractivity contribution is 5.88. The number of likely N-dealkylation sites (N-methyl/N-ethyl adjacent to an activating group) is 1. The Morgan fingerprint density at radius 2 is 1.95 bits per heavy atom. The van der Waals surface area contributed by atoms with E-state index in [4.69, 9.17) is 19.4 Å². The van der Waals surface area contributed by atoms with Crippen LogP contribution in [-0.4, -0.2) is 78.2 Å². The van der Waals surface area contributed by atoms with Gasteiger partial charge in [0.2, 0.25) is 5.91 Å². The van der Waals surface area contributed by atoms with Gasteiger partial charge in [0.25, 0.3) is 12.0 Å². The Bertz CT molecular complexity index is 1320. The number of amides is 1. The lowest BCUT2D eigenvalue weighted by Crippen LogP contribution is -2.54. The molecule has 3 N–H and O–H groups in total. The molecule has 2 heterocycles. The normalized spacial score (nSPS) is 16.5. The van der Waals surface area contributed by atoms with E-state index in [9.17, 15) is 14.4 Å². The maximum absolute atomic E-state index is 12.5. The minimum atomic E-state index is -0.416. The smallest absolute Gasteiger partial charge is 0.328 e. The third kappa shape index (κ3) is 10.2. The number of benzene rings is 1. The second kappa shape index (κ2) is 16.5. The molecule has 11 heteroatoms. The van der Waals surface area contributed by atoms with E-state index in [0.29, 0.717) is 29.9 Å². The molecule has 1 saturated heterocycles. The highest BCUT2D eigenvalue weighted by Crippen LogP contribution is 2.33. The van der Waals surface area contributed by atoms with Crippen molar-refractivity contribution in [2.45, 2.75) is 77.8 Å². The fourth-order valence-corrected chi connectivity index (χ4v) is 4.81. The summed E-state index contributed by atoms with van der Waals surface area (Å²) < 4.78 is 9.89. The molecule has 2 aliphatic rings. The first-order valence-corrected chi connectivity index (χ1v) is 14.2. The number of ether oxygens (including phenoxy) is 2. The van der Waals surface area contributed by atoms with Gasteiger partial charge >= 0.3 is 5.97 Å². The first kappa shape index (κ1) is 34.3. The van der Waals surface area contributed by atoms with Crippen LogP contribution in [0.25, 0.3) is 11.0 Å². The van der Waals surface area contributed by atoms with Gasteiger partial charge in [-0.2, -0.15) is 0 Å². The molecule has 1 amide bonds. The Kier molecular flexibility index (Phi) is 13.5. The molecule has 230 valence electrons. The van der Waals surface area contributed by atoms with Crippen LogP contribution < -0.4 is 15.6 Å². The van der Waals surface area contributed by atoms with Crippen molar-refractivity contribution in [3.8, 4) is 17.6 Å². The van der Waals surface area contributed by atoms with E-state index in [1.54, 1.807) is 25.1 Å². The molecule has 0 spiro atoms. The van der Waals surface area contributed by atoms with E-state index in [1.165, 1.54) is 26.4 Å². The molecule has 42 heavy (non-hydrogen) atoms. The van der Waals surface area contributed by atoms with Crippen LogP contribution in [0.5, 0.6) is 5.75 Å². The summed E-state index contributed by atoms with van der Waals surface area (Å²) in [4.78, 5) is 53.3. The van der Waals surface area contributed by atoms with Crippen molar-refractivity contribution in [2.24, 2.45) is 11.3 Å². The fraction of sp³-hybridized carbons (Fsp3) is 0.581. The van der Waals surface area contributed by atoms with Crippen molar-refractivity contribution in [3.63, 3.8) is 0 Å². The molecular weight excluding hydrogens is 540 g/mol. The van der Waals surface area contributed by atoms with Crippen molar-refractivity contribution in [3.05, 3.63) is 34.2 Å². The molecule has 0 radical (unpaired) electrons. The summed E-state index contributed by atoms with van der Waals surface area (Å²) in [6, 6.07) is 4.70. The Labute approximate surface area is 247 Å². The predicted molar refractivity (Wildman–Crippen MR) is 160 cm³/mol. The predicted octanol–water partition coefficient (Wildman–Crippen LogP) is 3.35. The maximum atomic E-state index is 12.5. The number of nitrogens with zero attached hydrogens (tertiary/aromatic N) is 2. The maximum Gasteiger partial charge on any atom is 0.328 e. The average molecular weight is 585 g/mol. The zero-order valence-electron chi connectivity index (χ0n) is 25.5. The van der Waals surface area contributed by atoms with E-state index < -0.39 is 6.04 Å². The highest BCUT2D eigenvalue weighted by atomic mass is 16.5.